The lowest BCUT2D eigenvalue weighted by atomic mass is 10.0. The summed E-state index contributed by atoms with van der Waals surface area (Å²) >= 11 is 1.85. The maximum absolute atomic E-state index is 2.32. The summed E-state index contributed by atoms with van der Waals surface area (Å²) in [5.74, 6) is 0. The fourth-order valence-electron chi connectivity index (χ4n) is 3.30. The van der Waals surface area contributed by atoms with Crippen molar-refractivity contribution in [3.8, 4) is 22.3 Å². The van der Waals surface area contributed by atoms with Gasteiger partial charge in [-0.25, -0.2) is 0 Å². The molecule has 0 spiro atoms. The SMILES string of the molecule is c1ccc2c(c1)-c1cccc3cc4ccsc4c-2c13. The molecule has 1 aromatic heterocycles. The van der Waals surface area contributed by atoms with Crippen molar-refractivity contribution in [2.24, 2.45) is 0 Å². The Bertz CT molecular complexity index is 960. The molecule has 1 heteroatoms. The number of thiophene rings is 1. The fraction of sp³-hybridized carbons (Fsp3) is 0. The largest absolute Gasteiger partial charge is 0.143 e. The third kappa shape index (κ3) is 1.09. The van der Waals surface area contributed by atoms with E-state index in [1.54, 1.807) is 0 Å². The minimum atomic E-state index is 1.36. The molecular formula is C18H10S. The zero-order valence-corrected chi connectivity index (χ0v) is 11.0. The van der Waals surface area contributed by atoms with Crippen molar-refractivity contribution in [3.05, 3.63) is 60.0 Å². The molecule has 0 radical (unpaired) electrons. The van der Waals surface area contributed by atoms with Gasteiger partial charge in [0.15, 0.2) is 0 Å². The van der Waals surface area contributed by atoms with Crippen LogP contribution in [0.25, 0.3) is 43.1 Å². The van der Waals surface area contributed by atoms with Gasteiger partial charge in [-0.1, -0.05) is 42.5 Å². The number of fused-ring (bicyclic) bond motifs is 5. The Hall–Kier alpha value is -2.12. The van der Waals surface area contributed by atoms with Crippen molar-refractivity contribution in [1.82, 2.24) is 0 Å². The molecule has 0 N–H and O–H groups in total. The molecule has 0 amide bonds. The number of hydrogen-bond acceptors (Lipinski definition) is 1. The van der Waals surface area contributed by atoms with Crippen molar-refractivity contribution in [2.75, 3.05) is 0 Å². The molecule has 1 heterocycles. The van der Waals surface area contributed by atoms with Crippen LogP contribution in [0.2, 0.25) is 0 Å². The Morgan fingerprint density at radius 1 is 0.684 bits per heavy atom. The van der Waals surface area contributed by atoms with Crippen LogP contribution in [0.4, 0.5) is 0 Å². The van der Waals surface area contributed by atoms with Gasteiger partial charge in [0.2, 0.25) is 0 Å². The highest BCUT2D eigenvalue weighted by molar-refractivity contribution is 7.18. The summed E-state index contributed by atoms with van der Waals surface area (Å²) in [5.41, 5.74) is 5.60. The predicted octanol–water partition coefficient (Wildman–Crippen LogP) is 5.70. The van der Waals surface area contributed by atoms with E-state index >= 15 is 0 Å². The van der Waals surface area contributed by atoms with E-state index in [0.717, 1.165) is 0 Å². The van der Waals surface area contributed by atoms with Gasteiger partial charge in [0.05, 0.1) is 0 Å². The summed E-state index contributed by atoms with van der Waals surface area (Å²) in [7, 11) is 0. The molecule has 0 atom stereocenters. The quantitative estimate of drug-likeness (QED) is 0.334. The standard InChI is InChI=1S/C18H10S/c1-2-6-15-13(5-1)14-7-3-4-11-10-12-8-9-19-18(12)17(15)16(11)14/h1-10H. The molecule has 19 heavy (non-hydrogen) atoms. The molecule has 0 fully saturated rings. The normalized spacial score (nSPS) is 12.2. The molecular weight excluding hydrogens is 248 g/mol. The third-order valence-electron chi connectivity index (χ3n) is 4.07. The molecule has 1 aliphatic carbocycles. The highest BCUT2D eigenvalue weighted by Gasteiger charge is 2.23. The van der Waals surface area contributed by atoms with Gasteiger partial charge in [0.25, 0.3) is 0 Å². The van der Waals surface area contributed by atoms with Gasteiger partial charge in [0, 0.05) is 10.3 Å². The predicted molar refractivity (Wildman–Crippen MR) is 83.8 cm³/mol. The maximum atomic E-state index is 2.32. The Balaban J connectivity index is 2.17. The van der Waals surface area contributed by atoms with Crippen LogP contribution < -0.4 is 0 Å². The van der Waals surface area contributed by atoms with E-state index in [0.29, 0.717) is 0 Å². The zero-order chi connectivity index (χ0) is 12.4. The van der Waals surface area contributed by atoms with Gasteiger partial charge in [-0.2, -0.15) is 0 Å². The first-order valence-electron chi connectivity index (χ1n) is 6.46. The van der Waals surface area contributed by atoms with E-state index in [1.807, 2.05) is 11.3 Å². The van der Waals surface area contributed by atoms with Crippen LogP contribution in [0.3, 0.4) is 0 Å². The summed E-state index contributed by atoms with van der Waals surface area (Å²) in [6, 6.07) is 20.0. The lowest BCUT2D eigenvalue weighted by molar-refractivity contribution is 1.70. The fourth-order valence-corrected chi connectivity index (χ4v) is 4.25. The first-order valence-corrected chi connectivity index (χ1v) is 7.34. The zero-order valence-electron chi connectivity index (χ0n) is 10.2. The number of hydrogen-bond donors (Lipinski definition) is 0. The molecule has 0 unspecified atom stereocenters. The van der Waals surface area contributed by atoms with E-state index in [-0.39, 0.29) is 0 Å². The number of benzene rings is 3. The second-order valence-corrected chi connectivity index (χ2v) is 5.96. The molecule has 0 bridgehead atoms. The summed E-state index contributed by atoms with van der Waals surface area (Å²) in [6.45, 7) is 0. The van der Waals surface area contributed by atoms with E-state index in [4.69, 9.17) is 0 Å². The Morgan fingerprint density at radius 3 is 2.47 bits per heavy atom. The lowest BCUT2D eigenvalue weighted by Crippen LogP contribution is -1.76. The topological polar surface area (TPSA) is 0 Å². The van der Waals surface area contributed by atoms with Crippen molar-refractivity contribution >= 4 is 32.2 Å². The molecule has 88 valence electrons. The summed E-state index contributed by atoms with van der Waals surface area (Å²) in [4.78, 5) is 0. The van der Waals surface area contributed by atoms with Crippen LogP contribution in [0.15, 0.2) is 60.0 Å². The maximum Gasteiger partial charge on any atom is 0.0428 e. The van der Waals surface area contributed by atoms with Crippen LogP contribution in [0.5, 0.6) is 0 Å². The summed E-state index contributed by atoms with van der Waals surface area (Å²) in [5, 5.41) is 6.34. The van der Waals surface area contributed by atoms with Gasteiger partial charge in [-0.05, 0) is 50.4 Å². The van der Waals surface area contributed by atoms with Gasteiger partial charge in [-0.3, -0.25) is 0 Å². The Labute approximate surface area is 114 Å². The molecule has 0 saturated carbocycles. The van der Waals surface area contributed by atoms with E-state index in [2.05, 4.69) is 60.0 Å². The summed E-state index contributed by atoms with van der Waals surface area (Å²) < 4.78 is 1.42. The molecule has 1 aliphatic rings. The van der Waals surface area contributed by atoms with E-state index in [1.165, 1.54) is 43.1 Å². The molecule has 0 nitrogen and oxygen atoms in total. The first kappa shape index (κ1) is 9.76. The van der Waals surface area contributed by atoms with Gasteiger partial charge < -0.3 is 0 Å². The monoisotopic (exact) mass is 258 g/mol. The Morgan fingerprint density at radius 2 is 1.53 bits per heavy atom. The summed E-state index contributed by atoms with van der Waals surface area (Å²) in [6.07, 6.45) is 0. The first-order chi connectivity index (χ1) is 9.43. The molecule has 0 aliphatic heterocycles. The molecule has 0 saturated heterocycles. The third-order valence-corrected chi connectivity index (χ3v) is 5.01. The second-order valence-electron chi connectivity index (χ2n) is 5.04. The van der Waals surface area contributed by atoms with Crippen LogP contribution in [-0.2, 0) is 0 Å². The van der Waals surface area contributed by atoms with Crippen LogP contribution >= 0.6 is 11.3 Å². The van der Waals surface area contributed by atoms with Crippen LogP contribution in [0, 0.1) is 0 Å². The molecule has 5 rings (SSSR count). The van der Waals surface area contributed by atoms with Crippen molar-refractivity contribution in [2.45, 2.75) is 0 Å². The van der Waals surface area contributed by atoms with Crippen molar-refractivity contribution in [1.29, 1.82) is 0 Å². The van der Waals surface area contributed by atoms with Gasteiger partial charge >= 0.3 is 0 Å². The highest BCUT2D eigenvalue weighted by atomic mass is 32.1. The van der Waals surface area contributed by atoms with Gasteiger partial charge in [0.1, 0.15) is 0 Å². The lowest BCUT2D eigenvalue weighted by Gasteiger charge is -2.04. The Kier molecular flexibility index (Phi) is 1.67. The minimum Gasteiger partial charge on any atom is -0.143 e. The van der Waals surface area contributed by atoms with Crippen molar-refractivity contribution < 1.29 is 0 Å². The average molecular weight is 258 g/mol. The second kappa shape index (κ2) is 3.25. The molecule has 4 aromatic rings. The van der Waals surface area contributed by atoms with E-state index in [9.17, 15) is 0 Å². The van der Waals surface area contributed by atoms with Crippen LogP contribution in [-0.4, -0.2) is 0 Å². The van der Waals surface area contributed by atoms with Crippen LogP contribution in [0.1, 0.15) is 0 Å². The van der Waals surface area contributed by atoms with Gasteiger partial charge in [-0.15, -0.1) is 11.3 Å². The number of rotatable bonds is 0. The smallest absolute Gasteiger partial charge is 0.0428 e. The molecule has 3 aromatic carbocycles. The average Bonchev–Trinajstić information content (AvgIpc) is 3.03. The highest BCUT2D eigenvalue weighted by Crippen LogP contribution is 2.51. The van der Waals surface area contributed by atoms with Crippen molar-refractivity contribution in [3.63, 3.8) is 0 Å². The van der Waals surface area contributed by atoms with E-state index < -0.39 is 0 Å². The minimum absolute atomic E-state index is 1.36.